The Bertz CT molecular complexity index is 1060. The third kappa shape index (κ3) is 6.37. The maximum Gasteiger partial charge on any atom is 0.180 e. The third-order valence-electron chi connectivity index (χ3n) is 3.89. The number of anilines is 2. The van der Waals surface area contributed by atoms with Gasteiger partial charge in [0, 0.05) is 45.0 Å². The van der Waals surface area contributed by atoms with Crippen LogP contribution in [0.1, 0.15) is 20.9 Å². The minimum Gasteiger partial charge on any atom is -0.375 e. The summed E-state index contributed by atoms with van der Waals surface area (Å²) in [4.78, 5) is 9.79. The van der Waals surface area contributed by atoms with Crippen LogP contribution < -0.4 is 11.5 Å². The maximum atomic E-state index is 13.0. The normalized spacial score (nSPS) is 10.5. The lowest BCUT2D eigenvalue weighted by Crippen LogP contribution is -1.88. The van der Waals surface area contributed by atoms with Crippen molar-refractivity contribution in [1.82, 2.24) is 9.97 Å². The number of rotatable bonds is 4. The molecular formula is C20H16Cl2F2N4S2. The van der Waals surface area contributed by atoms with Gasteiger partial charge in [0.05, 0.1) is 0 Å². The molecule has 0 aliphatic rings. The molecule has 156 valence electrons. The lowest BCUT2D eigenvalue weighted by Gasteiger charge is -2.01. The van der Waals surface area contributed by atoms with E-state index in [-0.39, 0.29) is 11.6 Å². The predicted molar refractivity (Wildman–Crippen MR) is 121 cm³/mol. The average molecular weight is 485 g/mol. The number of nitrogen functional groups attached to an aromatic ring is 2. The van der Waals surface area contributed by atoms with Crippen molar-refractivity contribution in [2.75, 3.05) is 11.5 Å². The number of hydrogen-bond acceptors (Lipinski definition) is 6. The van der Waals surface area contributed by atoms with Crippen LogP contribution in [-0.4, -0.2) is 9.97 Å². The molecule has 10 heteroatoms. The summed E-state index contributed by atoms with van der Waals surface area (Å²) in [7, 11) is 0. The summed E-state index contributed by atoms with van der Waals surface area (Å²) in [5.74, 6) is -0.571. The van der Waals surface area contributed by atoms with E-state index in [1.165, 1.54) is 46.9 Å². The molecular weight excluding hydrogens is 469 g/mol. The van der Waals surface area contributed by atoms with Gasteiger partial charge in [0.1, 0.15) is 11.6 Å². The molecule has 2 aromatic heterocycles. The van der Waals surface area contributed by atoms with Crippen LogP contribution in [0.2, 0.25) is 10.0 Å². The Morgan fingerprint density at radius 2 is 1.13 bits per heavy atom. The zero-order chi connectivity index (χ0) is 21.7. The molecule has 0 saturated carbocycles. The number of thiazole rings is 2. The van der Waals surface area contributed by atoms with E-state index >= 15 is 0 Å². The van der Waals surface area contributed by atoms with Gasteiger partial charge in [-0.15, -0.1) is 22.7 Å². The smallest absolute Gasteiger partial charge is 0.180 e. The van der Waals surface area contributed by atoms with Crippen LogP contribution in [0.5, 0.6) is 0 Å². The summed E-state index contributed by atoms with van der Waals surface area (Å²) < 4.78 is 25.9. The SMILES string of the molecule is Nc1ncc(Cc2cc(F)ccc2Cl)s1.Nc1ncc(Cc2cc(F)ccc2Cl)s1. The van der Waals surface area contributed by atoms with E-state index in [0.717, 1.165) is 20.9 Å². The molecule has 0 aliphatic carbocycles. The molecule has 0 bridgehead atoms. The second-order valence-electron chi connectivity index (χ2n) is 6.15. The second-order valence-corrected chi connectivity index (χ2v) is 9.26. The Morgan fingerprint density at radius 1 is 0.733 bits per heavy atom. The van der Waals surface area contributed by atoms with E-state index in [1.54, 1.807) is 24.5 Å². The molecule has 0 saturated heterocycles. The summed E-state index contributed by atoms with van der Waals surface area (Å²) in [6.07, 6.45) is 4.49. The number of aromatic nitrogens is 2. The molecule has 2 heterocycles. The van der Waals surface area contributed by atoms with Gasteiger partial charge in [-0.2, -0.15) is 0 Å². The third-order valence-corrected chi connectivity index (χ3v) is 6.28. The Balaban J connectivity index is 0.000000171. The predicted octanol–water partition coefficient (Wildman–Crippen LogP) is 6.22. The molecule has 0 fully saturated rings. The highest BCUT2D eigenvalue weighted by molar-refractivity contribution is 7.15. The summed E-state index contributed by atoms with van der Waals surface area (Å²) >= 11 is 14.6. The van der Waals surface area contributed by atoms with Crippen LogP contribution in [0, 0.1) is 11.6 Å². The van der Waals surface area contributed by atoms with Crippen molar-refractivity contribution in [2.24, 2.45) is 0 Å². The first-order chi connectivity index (χ1) is 14.3. The van der Waals surface area contributed by atoms with Gasteiger partial charge in [-0.3, -0.25) is 0 Å². The lowest BCUT2D eigenvalue weighted by atomic mass is 10.1. The van der Waals surface area contributed by atoms with Crippen LogP contribution >= 0.6 is 45.9 Å². The van der Waals surface area contributed by atoms with E-state index in [4.69, 9.17) is 34.7 Å². The minimum absolute atomic E-state index is 0.285. The number of nitrogens with zero attached hydrogens (tertiary/aromatic N) is 2. The summed E-state index contributed by atoms with van der Waals surface area (Å²) in [5.41, 5.74) is 12.5. The van der Waals surface area contributed by atoms with Crippen molar-refractivity contribution in [3.05, 3.63) is 91.4 Å². The van der Waals surface area contributed by atoms with E-state index in [9.17, 15) is 8.78 Å². The van der Waals surface area contributed by atoms with Gasteiger partial charge in [-0.1, -0.05) is 23.2 Å². The fourth-order valence-electron chi connectivity index (χ4n) is 2.54. The van der Waals surface area contributed by atoms with Gasteiger partial charge in [-0.25, -0.2) is 18.7 Å². The maximum absolute atomic E-state index is 13.0. The quantitative estimate of drug-likeness (QED) is 0.360. The van der Waals surface area contributed by atoms with Gasteiger partial charge >= 0.3 is 0 Å². The summed E-state index contributed by atoms with van der Waals surface area (Å²) in [5, 5.41) is 2.14. The molecule has 0 atom stereocenters. The first-order valence-electron chi connectivity index (χ1n) is 8.58. The Morgan fingerprint density at radius 3 is 1.47 bits per heavy atom. The van der Waals surface area contributed by atoms with Crippen LogP contribution in [0.3, 0.4) is 0 Å². The summed E-state index contributed by atoms with van der Waals surface area (Å²) in [6.45, 7) is 0. The highest BCUT2D eigenvalue weighted by Crippen LogP contribution is 2.25. The highest BCUT2D eigenvalue weighted by Gasteiger charge is 2.07. The standard InChI is InChI=1S/2C10H8ClFN2S/c2*11-9-2-1-7(12)3-6(9)4-8-5-14-10(13)15-8/h2*1-3,5H,4H2,(H2,13,14). The number of halogens is 4. The molecule has 4 N–H and O–H groups in total. The van der Waals surface area contributed by atoms with E-state index in [2.05, 4.69) is 9.97 Å². The molecule has 4 aromatic rings. The van der Waals surface area contributed by atoms with Crippen LogP contribution in [0.4, 0.5) is 19.0 Å². The monoisotopic (exact) mass is 484 g/mol. The molecule has 30 heavy (non-hydrogen) atoms. The van der Waals surface area contributed by atoms with Crippen molar-refractivity contribution in [3.8, 4) is 0 Å². The second kappa shape index (κ2) is 10.2. The number of hydrogen-bond donors (Lipinski definition) is 2. The number of nitrogens with two attached hydrogens (primary N) is 2. The van der Waals surface area contributed by atoms with Crippen LogP contribution in [0.25, 0.3) is 0 Å². The molecule has 2 aromatic carbocycles. The fraction of sp³-hybridized carbons (Fsp3) is 0.100. The molecule has 4 rings (SSSR count). The molecule has 0 spiro atoms. The van der Waals surface area contributed by atoms with Crippen LogP contribution in [-0.2, 0) is 12.8 Å². The van der Waals surface area contributed by atoms with Crippen molar-refractivity contribution < 1.29 is 8.78 Å². The van der Waals surface area contributed by atoms with Crippen molar-refractivity contribution >= 4 is 56.1 Å². The van der Waals surface area contributed by atoms with Crippen molar-refractivity contribution in [3.63, 3.8) is 0 Å². The lowest BCUT2D eigenvalue weighted by molar-refractivity contribution is 0.625. The Kier molecular flexibility index (Phi) is 7.60. The molecule has 0 aliphatic heterocycles. The zero-order valence-electron chi connectivity index (χ0n) is 15.4. The Labute approximate surface area is 190 Å². The highest BCUT2D eigenvalue weighted by atomic mass is 35.5. The van der Waals surface area contributed by atoms with E-state index in [0.29, 0.717) is 33.2 Å². The van der Waals surface area contributed by atoms with Crippen LogP contribution in [0.15, 0.2) is 48.8 Å². The number of benzene rings is 2. The average Bonchev–Trinajstić information content (AvgIpc) is 3.29. The first kappa shape index (κ1) is 22.4. The molecule has 4 nitrogen and oxygen atoms in total. The zero-order valence-corrected chi connectivity index (χ0v) is 18.6. The molecule has 0 unspecified atom stereocenters. The molecule has 0 amide bonds. The van der Waals surface area contributed by atoms with Crippen molar-refractivity contribution in [2.45, 2.75) is 12.8 Å². The van der Waals surface area contributed by atoms with E-state index < -0.39 is 0 Å². The van der Waals surface area contributed by atoms with Gasteiger partial charge in [-0.05, 0) is 47.5 Å². The first-order valence-corrected chi connectivity index (χ1v) is 11.0. The fourth-order valence-corrected chi connectivity index (χ4v) is 4.32. The molecule has 0 radical (unpaired) electrons. The summed E-state index contributed by atoms with van der Waals surface area (Å²) in [6, 6.07) is 8.64. The Hall–Kier alpha value is -2.26. The van der Waals surface area contributed by atoms with Gasteiger partial charge < -0.3 is 11.5 Å². The van der Waals surface area contributed by atoms with Gasteiger partial charge in [0.2, 0.25) is 0 Å². The van der Waals surface area contributed by atoms with Crippen molar-refractivity contribution in [1.29, 1.82) is 0 Å². The minimum atomic E-state index is -0.285. The topological polar surface area (TPSA) is 77.8 Å². The van der Waals surface area contributed by atoms with Gasteiger partial charge in [0.25, 0.3) is 0 Å². The van der Waals surface area contributed by atoms with E-state index in [1.807, 2.05) is 0 Å². The van der Waals surface area contributed by atoms with Gasteiger partial charge in [0.15, 0.2) is 10.3 Å². The largest absolute Gasteiger partial charge is 0.375 e.